The zero-order chi connectivity index (χ0) is 26.0. The number of likely N-dealkylation sites (tertiary alicyclic amines) is 2. The molecular formula is C26H35N5O5. The van der Waals surface area contributed by atoms with Crippen molar-refractivity contribution >= 4 is 18.1 Å². The highest BCUT2D eigenvalue weighted by molar-refractivity contribution is 5.99. The number of carbonyl (C=O) groups is 2. The quantitative estimate of drug-likeness (QED) is 0.499. The summed E-state index contributed by atoms with van der Waals surface area (Å²) < 4.78 is 13.0. The average molecular weight is 498 g/mol. The minimum Gasteiger partial charge on any atom is -0.495 e. The van der Waals surface area contributed by atoms with Crippen LogP contribution in [0.3, 0.4) is 0 Å². The summed E-state index contributed by atoms with van der Waals surface area (Å²) >= 11 is 0. The van der Waals surface area contributed by atoms with E-state index < -0.39 is 17.8 Å². The van der Waals surface area contributed by atoms with Crippen LogP contribution < -0.4 is 10.6 Å². The molecule has 2 saturated heterocycles. The van der Waals surface area contributed by atoms with Gasteiger partial charge in [0, 0.05) is 24.9 Å². The van der Waals surface area contributed by atoms with Crippen LogP contribution in [0.15, 0.2) is 36.3 Å². The number of ether oxygens (including phenoxy) is 2. The molecule has 0 aliphatic carbocycles. The molecule has 0 radical (unpaired) electrons. The molecule has 194 valence electrons. The summed E-state index contributed by atoms with van der Waals surface area (Å²) in [6, 6.07) is 5.47. The zero-order valence-electron chi connectivity index (χ0n) is 21.6. The van der Waals surface area contributed by atoms with Gasteiger partial charge in [-0.2, -0.15) is 0 Å². The van der Waals surface area contributed by atoms with Crippen molar-refractivity contribution in [2.75, 3.05) is 26.7 Å². The number of aromatic nitrogens is 2. The topological polar surface area (TPSA) is 112 Å². The third-order valence-corrected chi connectivity index (χ3v) is 6.38. The van der Waals surface area contributed by atoms with E-state index in [4.69, 9.17) is 20.2 Å². The van der Waals surface area contributed by atoms with E-state index >= 15 is 0 Å². The number of piperidine rings is 1. The number of rotatable bonds is 5. The molecule has 10 heteroatoms. The lowest BCUT2D eigenvalue weighted by Gasteiger charge is -2.35. The van der Waals surface area contributed by atoms with Crippen molar-refractivity contribution in [3.05, 3.63) is 47.6 Å². The van der Waals surface area contributed by atoms with Gasteiger partial charge in [0.15, 0.2) is 0 Å². The van der Waals surface area contributed by atoms with Crippen LogP contribution >= 0.6 is 0 Å². The zero-order valence-corrected chi connectivity index (χ0v) is 21.6. The molecule has 2 aliphatic heterocycles. The Bertz CT molecular complexity index is 1150. The Hall–Kier alpha value is -3.37. The van der Waals surface area contributed by atoms with Gasteiger partial charge in [-0.05, 0) is 64.3 Å². The highest BCUT2D eigenvalue weighted by atomic mass is 16.6. The van der Waals surface area contributed by atoms with Crippen LogP contribution in [0.4, 0.5) is 4.79 Å². The van der Waals surface area contributed by atoms with Crippen LogP contribution in [0.5, 0.6) is 5.75 Å². The molecule has 2 N–H and O–H groups in total. The fraction of sp³-hybridized carbons (Fsp3) is 0.500. The summed E-state index contributed by atoms with van der Waals surface area (Å²) in [7, 11) is 1.62. The van der Waals surface area contributed by atoms with E-state index in [0.29, 0.717) is 30.8 Å². The molecule has 0 bridgehead atoms. The Labute approximate surface area is 211 Å². The molecule has 0 saturated carbocycles. The predicted octanol–water partition coefficient (Wildman–Crippen LogP) is 3.07. The standard InChI is InChI=1S/C26H35N5O5/c1-17-13-30(16-28-17)20-9-8-18(12-22(20)34-5)11-19-7-6-10-31(24(19)32)21-14-29(15-23(21)36-27)25(33)35-26(2,3)4/h8-9,11-13,16,21,23H,6-7,10,14-15,27H2,1-5H3/b19-11+. The van der Waals surface area contributed by atoms with Gasteiger partial charge >= 0.3 is 6.09 Å². The third kappa shape index (κ3) is 5.55. The number of aryl methyl sites for hydroxylation is 1. The lowest BCUT2D eigenvalue weighted by molar-refractivity contribution is -0.133. The van der Waals surface area contributed by atoms with E-state index in [1.165, 1.54) is 0 Å². The maximum absolute atomic E-state index is 13.5. The predicted molar refractivity (Wildman–Crippen MR) is 134 cm³/mol. The first kappa shape index (κ1) is 25.7. The maximum atomic E-state index is 13.5. The van der Waals surface area contributed by atoms with Crippen molar-refractivity contribution < 1.29 is 23.9 Å². The summed E-state index contributed by atoms with van der Waals surface area (Å²) in [6.45, 7) is 8.54. The molecule has 36 heavy (non-hydrogen) atoms. The van der Waals surface area contributed by atoms with Crippen LogP contribution in [0.1, 0.15) is 44.9 Å². The van der Waals surface area contributed by atoms with Crippen molar-refractivity contribution in [2.24, 2.45) is 5.90 Å². The minimum absolute atomic E-state index is 0.0763. The number of hydrogen-bond acceptors (Lipinski definition) is 7. The summed E-state index contributed by atoms with van der Waals surface area (Å²) in [5, 5.41) is 0. The van der Waals surface area contributed by atoms with Crippen molar-refractivity contribution in [2.45, 2.75) is 58.3 Å². The molecule has 2 amide bonds. The fourth-order valence-corrected chi connectivity index (χ4v) is 4.70. The monoisotopic (exact) mass is 497 g/mol. The van der Waals surface area contributed by atoms with Crippen LogP contribution in [0.25, 0.3) is 11.8 Å². The summed E-state index contributed by atoms with van der Waals surface area (Å²) in [5.74, 6) is 6.17. The summed E-state index contributed by atoms with van der Waals surface area (Å²) in [5.41, 5.74) is 2.73. The molecule has 2 aliphatic rings. The van der Waals surface area contributed by atoms with Crippen molar-refractivity contribution in [1.82, 2.24) is 19.4 Å². The molecular weight excluding hydrogens is 462 g/mol. The molecule has 2 atom stereocenters. The van der Waals surface area contributed by atoms with E-state index in [9.17, 15) is 9.59 Å². The van der Waals surface area contributed by atoms with Crippen molar-refractivity contribution in [3.8, 4) is 11.4 Å². The Kier molecular flexibility index (Phi) is 7.37. The van der Waals surface area contributed by atoms with Gasteiger partial charge in [-0.1, -0.05) is 6.07 Å². The van der Waals surface area contributed by atoms with E-state index in [-0.39, 0.29) is 18.5 Å². The van der Waals surface area contributed by atoms with Gasteiger partial charge in [0.2, 0.25) is 5.91 Å². The lowest BCUT2D eigenvalue weighted by atomic mass is 9.98. The molecule has 1 aromatic heterocycles. The fourth-order valence-electron chi connectivity index (χ4n) is 4.70. The van der Waals surface area contributed by atoms with Crippen LogP contribution in [0, 0.1) is 6.92 Å². The Morgan fingerprint density at radius 2 is 2.03 bits per heavy atom. The Balaban J connectivity index is 1.53. The number of nitrogens with two attached hydrogens (primary N) is 1. The smallest absolute Gasteiger partial charge is 0.410 e. The number of nitrogens with zero attached hydrogens (tertiary/aromatic N) is 4. The van der Waals surface area contributed by atoms with Gasteiger partial charge < -0.3 is 23.8 Å². The third-order valence-electron chi connectivity index (χ3n) is 6.38. The minimum atomic E-state index is -0.613. The maximum Gasteiger partial charge on any atom is 0.410 e. The molecule has 2 fully saturated rings. The van der Waals surface area contributed by atoms with E-state index in [1.54, 1.807) is 23.2 Å². The van der Waals surface area contributed by atoms with Gasteiger partial charge in [0.05, 0.1) is 37.4 Å². The van der Waals surface area contributed by atoms with Crippen LogP contribution in [-0.4, -0.2) is 75.8 Å². The number of carbonyl (C=O) groups excluding carboxylic acids is 2. The van der Waals surface area contributed by atoms with Gasteiger partial charge in [0.1, 0.15) is 17.5 Å². The first-order valence-corrected chi connectivity index (χ1v) is 12.1. The van der Waals surface area contributed by atoms with Gasteiger partial charge in [0.25, 0.3) is 0 Å². The largest absolute Gasteiger partial charge is 0.495 e. The number of imidazole rings is 1. The molecule has 1 aromatic carbocycles. The van der Waals surface area contributed by atoms with E-state index in [2.05, 4.69) is 4.98 Å². The van der Waals surface area contributed by atoms with Crippen molar-refractivity contribution in [3.63, 3.8) is 0 Å². The highest BCUT2D eigenvalue weighted by Crippen LogP contribution is 2.30. The second-order valence-electron chi connectivity index (χ2n) is 10.3. The molecule has 0 spiro atoms. The van der Waals surface area contributed by atoms with E-state index in [1.807, 2.05) is 62.7 Å². The normalized spacial score (nSPS) is 21.8. The number of methoxy groups -OCH3 is 1. The molecule has 2 aromatic rings. The second-order valence-corrected chi connectivity index (χ2v) is 10.3. The molecule has 3 heterocycles. The number of benzene rings is 1. The number of amides is 2. The number of hydrogen-bond donors (Lipinski definition) is 1. The first-order valence-electron chi connectivity index (χ1n) is 12.1. The van der Waals surface area contributed by atoms with E-state index in [0.717, 1.165) is 23.4 Å². The summed E-state index contributed by atoms with van der Waals surface area (Å²) in [6.07, 6.45) is 6.12. The van der Waals surface area contributed by atoms with Gasteiger partial charge in [-0.15, -0.1) is 0 Å². The average Bonchev–Trinajstić information content (AvgIpc) is 3.45. The van der Waals surface area contributed by atoms with Crippen LogP contribution in [-0.2, 0) is 14.4 Å². The Morgan fingerprint density at radius 3 is 2.67 bits per heavy atom. The molecule has 4 rings (SSSR count). The van der Waals surface area contributed by atoms with Gasteiger partial charge in [-0.25, -0.2) is 15.7 Å². The molecule has 2 unspecified atom stereocenters. The van der Waals surface area contributed by atoms with Crippen LogP contribution in [0.2, 0.25) is 0 Å². The lowest BCUT2D eigenvalue weighted by Crippen LogP contribution is -2.51. The van der Waals surface area contributed by atoms with Gasteiger partial charge in [-0.3, -0.25) is 9.63 Å². The van der Waals surface area contributed by atoms with Crippen molar-refractivity contribution in [1.29, 1.82) is 0 Å². The Morgan fingerprint density at radius 1 is 1.25 bits per heavy atom. The second kappa shape index (κ2) is 10.3. The summed E-state index contributed by atoms with van der Waals surface area (Å²) in [4.78, 5) is 38.9. The first-order chi connectivity index (χ1) is 17.1. The highest BCUT2D eigenvalue weighted by Gasteiger charge is 2.43. The molecule has 10 nitrogen and oxygen atoms in total. The SMILES string of the molecule is COc1cc(/C=C2\CCCN(C3CN(C(=O)OC(C)(C)C)CC3ON)C2=O)ccc1-n1cnc(C)c1.